The van der Waals surface area contributed by atoms with Gasteiger partial charge in [-0.1, -0.05) is 0 Å². The van der Waals surface area contributed by atoms with Crippen LogP contribution in [0, 0.1) is 10.1 Å². The van der Waals surface area contributed by atoms with Crippen LogP contribution in [0.25, 0.3) is 0 Å². The number of nitro groups is 1. The van der Waals surface area contributed by atoms with Gasteiger partial charge >= 0.3 is 0 Å². The van der Waals surface area contributed by atoms with Gasteiger partial charge in [0.15, 0.2) is 0 Å². The first-order valence-electron chi connectivity index (χ1n) is 4.92. The highest BCUT2D eigenvalue weighted by molar-refractivity contribution is 7.09. The van der Waals surface area contributed by atoms with E-state index in [2.05, 4.69) is 15.3 Å². The third kappa shape index (κ3) is 2.76. The van der Waals surface area contributed by atoms with E-state index in [-0.39, 0.29) is 11.7 Å². The first-order valence-corrected chi connectivity index (χ1v) is 5.80. The Morgan fingerprint density at radius 2 is 2.29 bits per heavy atom. The van der Waals surface area contributed by atoms with E-state index in [0.29, 0.717) is 5.82 Å². The molecule has 1 atom stereocenters. The maximum atomic E-state index is 10.5. The number of nitrogens with one attached hydrogen (secondary N) is 1. The van der Waals surface area contributed by atoms with Crippen LogP contribution in [-0.4, -0.2) is 14.9 Å². The zero-order chi connectivity index (χ0) is 12.3. The second-order valence-electron chi connectivity index (χ2n) is 3.43. The van der Waals surface area contributed by atoms with Gasteiger partial charge in [0.2, 0.25) is 0 Å². The Labute approximate surface area is 102 Å². The van der Waals surface area contributed by atoms with Crippen molar-refractivity contribution in [3.8, 4) is 0 Å². The predicted molar refractivity (Wildman–Crippen MR) is 65.0 cm³/mol. The van der Waals surface area contributed by atoms with Crippen LogP contribution in [0.5, 0.6) is 0 Å². The summed E-state index contributed by atoms with van der Waals surface area (Å²) in [6, 6.07) is 3.10. The molecule has 88 valence electrons. The SMILES string of the molecule is C[C@H](Nc1ccc([N+](=O)[O-])cn1)c1cncs1. The summed E-state index contributed by atoms with van der Waals surface area (Å²) in [4.78, 5) is 19.1. The molecule has 2 aromatic rings. The Bertz CT molecular complexity index is 498. The molecule has 2 rings (SSSR count). The summed E-state index contributed by atoms with van der Waals surface area (Å²) in [5.41, 5.74) is 1.75. The summed E-state index contributed by atoms with van der Waals surface area (Å²) in [5, 5.41) is 13.6. The molecule has 0 radical (unpaired) electrons. The van der Waals surface area contributed by atoms with Gasteiger partial charge in [-0.2, -0.15) is 0 Å². The highest BCUT2D eigenvalue weighted by Crippen LogP contribution is 2.21. The fraction of sp³-hybridized carbons (Fsp3) is 0.200. The summed E-state index contributed by atoms with van der Waals surface area (Å²) >= 11 is 1.55. The van der Waals surface area contributed by atoms with Crippen LogP contribution in [0.1, 0.15) is 17.8 Å². The van der Waals surface area contributed by atoms with Crippen molar-refractivity contribution in [3.05, 3.63) is 45.0 Å². The first-order chi connectivity index (χ1) is 8.16. The molecule has 2 heterocycles. The molecule has 0 aromatic carbocycles. The van der Waals surface area contributed by atoms with Gasteiger partial charge in [-0.3, -0.25) is 15.1 Å². The van der Waals surface area contributed by atoms with E-state index in [1.54, 1.807) is 29.1 Å². The molecule has 6 nitrogen and oxygen atoms in total. The third-order valence-electron chi connectivity index (χ3n) is 2.20. The fourth-order valence-corrected chi connectivity index (χ4v) is 1.94. The Hall–Kier alpha value is -2.02. The Morgan fingerprint density at radius 3 is 2.82 bits per heavy atom. The minimum absolute atomic E-state index is 0.0130. The fourth-order valence-electron chi connectivity index (χ4n) is 1.31. The molecule has 0 spiro atoms. The Kier molecular flexibility index (Phi) is 3.29. The van der Waals surface area contributed by atoms with Crippen molar-refractivity contribution in [1.29, 1.82) is 0 Å². The number of hydrogen-bond donors (Lipinski definition) is 1. The van der Waals surface area contributed by atoms with Crippen molar-refractivity contribution >= 4 is 22.8 Å². The summed E-state index contributed by atoms with van der Waals surface area (Å²) in [7, 11) is 0. The molecular weight excluding hydrogens is 240 g/mol. The largest absolute Gasteiger partial charge is 0.363 e. The van der Waals surface area contributed by atoms with Gasteiger partial charge < -0.3 is 5.32 Å². The van der Waals surface area contributed by atoms with Crippen molar-refractivity contribution in [1.82, 2.24) is 9.97 Å². The second-order valence-corrected chi connectivity index (χ2v) is 4.35. The molecule has 0 aliphatic carbocycles. The van der Waals surface area contributed by atoms with Gasteiger partial charge in [0.25, 0.3) is 5.69 Å². The van der Waals surface area contributed by atoms with E-state index in [1.165, 1.54) is 12.3 Å². The number of nitrogens with zero attached hydrogens (tertiary/aromatic N) is 3. The lowest BCUT2D eigenvalue weighted by molar-refractivity contribution is -0.385. The van der Waals surface area contributed by atoms with Gasteiger partial charge in [-0.15, -0.1) is 11.3 Å². The van der Waals surface area contributed by atoms with E-state index in [9.17, 15) is 10.1 Å². The quantitative estimate of drug-likeness (QED) is 0.666. The number of rotatable bonds is 4. The molecule has 17 heavy (non-hydrogen) atoms. The average molecular weight is 250 g/mol. The van der Waals surface area contributed by atoms with Crippen molar-refractivity contribution in [2.24, 2.45) is 0 Å². The smallest absolute Gasteiger partial charge is 0.287 e. The Morgan fingerprint density at radius 1 is 1.47 bits per heavy atom. The molecule has 0 saturated carbocycles. The van der Waals surface area contributed by atoms with Gasteiger partial charge in [0, 0.05) is 17.1 Å². The lowest BCUT2D eigenvalue weighted by Gasteiger charge is -2.11. The van der Waals surface area contributed by atoms with Crippen molar-refractivity contribution in [2.75, 3.05) is 5.32 Å². The minimum atomic E-state index is -0.469. The molecule has 1 N–H and O–H groups in total. The minimum Gasteiger partial charge on any atom is -0.363 e. The van der Waals surface area contributed by atoms with E-state index < -0.39 is 4.92 Å². The zero-order valence-electron chi connectivity index (χ0n) is 9.03. The van der Waals surface area contributed by atoms with Gasteiger partial charge in [0.1, 0.15) is 12.0 Å². The molecule has 7 heteroatoms. The van der Waals surface area contributed by atoms with Crippen molar-refractivity contribution in [3.63, 3.8) is 0 Å². The van der Waals surface area contributed by atoms with Crippen LogP contribution >= 0.6 is 11.3 Å². The second kappa shape index (κ2) is 4.88. The number of anilines is 1. The van der Waals surface area contributed by atoms with Crippen LogP contribution in [0.4, 0.5) is 11.5 Å². The maximum absolute atomic E-state index is 10.5. The highest BCUT2D eigenvalue weighted by atomic mass is 32.1. The van der Waals surface area contributed by atoms with Crippen LogP contribution in [-0.2, 0) is 0 Å². The molecule has 0 unspecified atom stereocenters. The summed E-state index contributed by atoms with van der Waals surface area (Å²) in [6.45, 7) is 1.98. The Balaban J connectivity index is 2.06. The molecular formula is C10H10N4O2S. The van der Waals surface area contributed by atoms with Crippen LogP contribution in [0.2, 0.25) is 0 Å². The summed E-state index contributed by atoms with van der Waals surface area (Å²) in [5.74, 6) is 0.608. The lowest BCUT2D eigenvalue weighted by Crippen LogP contribution is -2.06. The summed E-state index contributed by atoms with van der Waals surface area (Å²) in [6.07, 6.45) is 3.02. The maximum Gasteiger partial charge on any atom is 0.287 e. The average Bonchev–Trinajstić information content (AvgIpc) is 2.83. The number of thiazole rings is 1. The molecule has 0 bridgehead atoms. The monoisotopic (exact) mass is 250 g/mol. The number of aromatic nitrogens is 2. The molecule has 0 saturated heterocycles. The number of hydrogen-bond acceptors (Lipinski definition) is 6. The van der Waals surface area contributed by atoms with Crippen LogP contribution in [0.15, 0.2) is 30.0 Å². The topological polar surface area (TPSA) is 81.0 Å². The normalized spacial score (nSPS) is 12.1. The van der Waals surface area contributed by atoms with E-state index in [1.807, 2.05) is 6.92 Å². The van der Waals surface area contributed by atoms with Crippen molar-refractivity contribution < 1.29 is 4.92 Å². The van der Waals surface area contributed by atoms with E-state index in [0.717, 1.165) is 4.88 Å². The van der Waals surface area contributed by atoms with Crippen molar-refractivity contribution in [2.45, 2.75) is 13.0 Å². The summed E-state index contributed by atoms with van der Waals surface area (Å²) < 4.78 is 0. The molecule has 0 fully saturated rings. The highest BCUT2D eigenvalue weighted by Gasteiger charge is 2.09. The standard InChI is InChI=1S/C10H10N4O2S/c1-7(9-5-11-6-17-9)13-10-3-2-8(4-12-10)14(15)16/h2-7H,1H3,(H,12,13)/t7-/m0/s1. The van der Waals surface area contributed by atoms with Gasteiger partial charge in [-0.25, -0.2) is 4.98 Å². The molecule has 0 aliphatic heterocycles. The molecule has 0 aliphatic rings. The van der Waals surface area contributed by atoms with Crippen LogP contribution < -0.4 is 5.32 Å². The zero-order valence-corrected chi connectivity index (χ0v) is 9.85. The van der Waals surface area contributed by atoms with Gasteiger partial charge in [-0.05, 0) is 13.0 Å². The van der Waals surface area contributed by atoms with Crippen LogP contribution in [0.3, 0.4) is 0 Å². The first kappa shape index (κ1) is 11.5. The van der Waals surface area contributed by atoms with E-state index >= 15 is 0 Å². The van der Waals surface area contributed by atoms with E-state index in [4.69, 9.17) is 0 Å². The molecule has 0 amide bonds. The van der Waals surface area contributed by atoms with Gasteiger partial charge in [0.05, 0.1) is 16.5 Å². The number of pyridine rings is 1. The lowest BCUT2D eigenvalue weighted by atomic mass is 10.3. The molecule has 2 aromatic heterocycles. The third-order valence-corrected chi connectivity index (χ3v) is 3.16. The predicted octanol–water partition coefficient (Wildman–Crippen LogP) is 2.62.